The number of benzene rings is 1. The van der Waals surface area contributed by atoms with E-state index in [2.05, 4.69) is 32.1 Å². The number of nitrogens with zero attached hydrogens (tertiary/aromatic N) is 6. The van der Waals surface area contributed by atoms with E-state index in [-0.39, 0.29) is 17.9 Å². The molecule has 0 aliphatic carbocycles. The van der Waals surface area contributed by atoms with Crippen LogP contribution in [0.1, 0.15) is 46.9 Å². The van der Waals surface area contributed by atoms with Crippen LogP contribution in [0.25, 0.3) is 22.5 Å². The lowest BCUT2D eigenvalue weighted by molar-refractivity contribution is -0.130. The molecule has 3 aromatic heterocycles. The number of carbonyl (C=O) groups excluding carboxylic acids is 2. The van der Waals surface area contributed by atoms with Gasteiger partial charge in [0.05, 0.1) is 29.6 Å². The second-order valence-electron chi connectivity index (χ2n) is 12.9. The van der Waals surface area contributed by atoms with Crippen molar-refractivity contribution in [1.29, 1.82) is 0 Å². The maximum absolute atomic E-state index is 13.1. The molecule has 4 aromatic rings. The smallest absolute Gasteiger partial charge is 0.274 e. The molecule has 0 atom stereocenters. The number of likely N-dealkylation sites (tertiary alicyclic amines) is 2. The van der Waals surface area contributed by atoms with Crippen LogP contribution in [-0.2, 0) is 17.9 Å². The van der Waals surface area contributed by atoms with E-state index in [0.29, 0.717) is 71.5 Å². The number of aliphatic hydroxyl groups excluding tert-OH is 1. The van der Waals surface area contributed by atoms with Crippen LogP contribution in [0.2, 0.25) is 5.02 Å². The number of β-amino-alcohol motifs (C(OH)–C–C–N with tert-alkyl or cyclic N) is 1. The van der Waals surface area contributed by atoms with Crippen LogP contribution in [0.5, 0.6) is 5.88 Å². The van der Waals surface area contributed by atoms with Gasteiger partial charge in [-0.1, -0.05) is 35.9 Å². The molecular formula is C37H42ClN7O4. The van der Waals surface area contributed by atoms with E-state index in [1.807, 2.05) is 54.3 Å². The van der Waals surface area contributed by atoms with Gasteiger partial charge in [-0.2, -0.15) is 0 Å². The molecule has 6 rings (SSSR count). The average Bonchev–Trinajstić information content (AvgIpc) is 3.09. The van der Waals surface area contributed by atoms with Crippen LogP contribution >= 0.6 is 11.6 Å². The summed E-state index contributed by atoms with van der Waals surface area (Å²) in [7, 11) is 3.72. The van der Waals surface area contributed by atoms with Gasteiger partial charge in [0.1, 0.15) is 5.69 Å². The molecule has 1 aromatic carbocycles. The van der Waals surface area contributed by atoms with Crippen molar-refractivity contribution in [3.8, 4) is 28.4 Å². The number of amides is 2. The molecular weight excluding hydrogens is 642 g/mol. The van der Waals surface area contributed by atoms with Crippen molar-refractivity contribution in [2.24, 2.45) is 0 Å². The van der Waals surface area contributed by atoms with E-state index in [1.54, 1.807) is 32.5 Å². The molecule has 0 radical (unpaired) electrons. The fourth-order valence-electron chi connectivity index (χ4n) is 6.56. The number of carbonyl (C=O) groups is 2. The van der Waals surface area contributed by atoms with Gasteiger partial charge in [0.15, 0.2) is 0 Å². The largest absolute Gasteiger partial charge is 0.481 e. The molecule has 256 valence electrons. The van der Waals surface area contributed by atoms with Gasteiger partial charge in [0.25, 0.3) is 5.91 Å². The number of piperidine rings is 1. The molecule has 11 nitrogen and oxygen atoms in total. The predicted octanol–water partition coefficient (Wildman–Crippen LogP) is 5.05. The zero-order valence-corrected chi connectivity index (χ0v) is 29.1. The molecule has 2 aliphatic heterocycles. The van der Waals surface area contributed by atoms with Gasteiger partial charge >= 0.3 is 0 Å². The van der Waals surface area contributed by atoms with Crippen LogP contribution < -0.4 is 10.1 Å². The van der Waals surface area contributed by atoms with E-state index < -0.39 is 0 Å². The van der Waals surface area contributed by atoms with Crippen molar-refractivity contribution < 1.29 is 19.4 Å². The quantitative estimate of drug-likeness (QED) is 0.236. The number of halogens is 1. The summed E-state index contributed by atoms with van der Waals surface area (Å²) in [5, 5.41) is 12.9. The third-order valence-corrected chi connectivity index (χ3v) is 9.87. The summed E-state index contributed by atoms with van der Waals surface area (Å²) in [4.78, 5) is 45.1. The van der Waals surface area contributed by atoms with Crippen molar-refractivity contribution in [3.63, 3.8) is 0 Å². The summed E-state index contributed by atoms with van der Waals surface area (Å²) >= 11 is 7.04. The Bertz CT molecular complexity index is 1820. The minimum absolute atomic E-state index is 0.131. The Morgan fingerprint density at radius 2 is 1.84 bits per heavy atom. The molecule has 2 saturated heterocycles. The van der Waals surface area contributed by atoms with Crippen LogP contribution in [0.15, 0.2) is 60.9 Å². The predicted molar refractivity (Wildman–Crippen MR) is 189 cm³/mol. The molecule has 0 saturated carbocycles. The Balaban J connectivity index is 1.17. The molecule has 5 heterocycles. The second-order valence-corrected chi connectivity index (χ2v) is 13.2. The number of hydrogen-bond donors (Lipinski definition) is 2. The van der Waals surface area contributed by atoms with E-state index in [0.717, 1.165) is 48.2 Å². The summed E-state index contributed by atoms with van der Waals surface area (Å²) in [6.45, 7) is 7.75. The number of ether oxygens (including phenoxy) is 1. The highest BCUT2D eigenvalue weighted by atomic mass is 35.5. The van der Waals surface area contributed by atoms with Gasteiger partial charge in [0, 0.05) is 87.0 Å². The maximum atomic E-state index is 13.1. The van der Waals surface area contributed by atoms with Gasteiger partial charge in [0.2, 0.25) is 11.8 Å². The van der Waals surface area contributed by atoms with Gasteiger partial charge in [-0.05, 0) is 62.2 Å². The van der Waals surface area contributed by atoms with Crippen molar-refractivity contribution in [2.45, 2.75) is 51.9 Å². The molecule has 0 unspecified atom stereocenters. The first-order valence-electron chi connectivity index (χ1n) is 16.5. The standard InChI is InChI=1S/C37H42ClN7O4/c1-23-29(6-5-7-31(23)41-36(48)33-10-8-25(18-40-33)19-44-21-28(47)22-44)35-34(38)30(12-15-39-35)32-11-9-26(37(42-32)49-4)20-43(3)27-13-16-45(17-14-27)24(2)46/h5-12,15,18,27-28,47H,13-14,16-17,19-22H2,1-4H3,(H,41,48). The van der Waals surface area contributed by atoms with Gasteiger partial charge in [-0.3, -0.25) is 29.4 Å². The Labute approximate surface area is 291 Å². The number of anilines is 1. The fourth-order valence-corrected chi connectivity index (χ4v) is 6.87. The average molecular weight is 684 g/mol. The van der Waals surface area contributed by atoms with E-state index >= 15 is 0 Å². The highest BCUT2D eigenvalue weighted by Crippen LogP contribution is 2.38. The normalized spacial score (nSPS) is 15.7. The molecule has 2 N–H and O–H groups in total. The first-order chi connectivity index (χ1) is 23.6. The van der Waals surface area contributed by atoms with E-state index in [1.165, 1.54) is 0 Å². The lowest BCUT2D eigenvalue weighted by Crippen LogP contribution is -2.49. The van der Waals surface area contributed by atoms with Crippen LogP contribution in [-0.4, -0.2) is 99.1 Å². The number of nitrogens with one attached hydrogen (secondary N) is 1. The SMILES string of the molecule is COc1nc(-c2ccnc(-c3cccc(NC(=O)c4ccc(CN5CC(O)C5)cn4)c3C)c2Cl)ccc1CN(C)C1CCN(C(C)=O)CC1. The summed E-state index contributed by atoms with van der Waals surface area (Å²) in [6, 6.07) is 15.4. The molecule has 0 bridgehead atoms. The van der Waals surface area contributed by atoms with Crippen LogP contribution in [0, 0.1) is 6.92 Å². The summed E-state index contributed by atoms with van der Waals surface area (Å²) in [5.41, 5.74) is 6.44. The number of aromatic nitrogens is 3. The molecule has 2 amide bonds. The minimum atomic E-state index is -0.317. The maximum Gasteiger partial charge on any atom is 0.274 e. The number of hydrogen-bond acceptors (Lipinski definition) is 9. The highest BCUT2D eigenvalue weighted by Gasteiger charge is 2.26. The topological polar surface area (TPSA) is 124 Å². The number of rotatable bonds is 10. The molecule has 2 fully saturated rings. The third-order valence-electron chi connectivity index (χ3n) is 9.49. The molecule has 2 aliphatic rings. The number of methoxy groups -OCH3 is 1. The molecule has 49 heavy (non-hydrogen) atoms. The Morgan fingerprint density at radius 3 is 2.51 bits per heavy atom. The monoisotopic (exact) mass is 683 g/mol. The zero-order valence-electron chi connectivity index (χ0n) is 28.3. The van der Waals surface area contributed by atoms with Crippen LogP contribution in [0.4, 0.5) is 5.69 Å². The summed E-state index contributed by atoms with van der Waals surface area (Å²) < 4.78 is 5.74. The lowest BCUT2D eigenvalue weighted by Gasteiger charge is -2.36. The van der Waals surface area contributed by atoms with E-state index in [9.17, 15) is 14.7 Å². The number of pyridine rings is 3. The first-order valence-corrected chi connectivity index (χ1v) is 16.9. The van der Waals surface area contributed by atoms with Crippen molar-refractivity contribution in [1.82, 2.24) is 29.7 Å². The highest BCUT2D eigenvalue weighted by molar-refractivity contribution is 6.35. The summed E-state index contributed by atoms with van der Waals surface area (Å²) in [5.74, 6) is 0.343. The van der Waals surface area contributed by atoms with Crippen molar-refractivity contribution >= 4 is 29.1 Å². The summed E-state index contributed by atoms with van der Waals surface area (Å²) in [6.07, 6.45) is 5.01. The fraction of sp³-hybridized carbons (Fsp3) is 0.378. The Kier molecular flexibility index (Phi) is 10.5. The Morgan fingerprint density at radius 1 is 1.06 bits per heavy atom. The van der Waals surface area contributed by atoms with Crippen molar-refractivity contribution in [2.75, 3.05) is 45.7 Å². The van der Waals surface area contributed by atoms with Crippen molar-refractivity contribution in [3.05, 3.63) is 88.3 Å². The van der Waals surface area contributed by atoms with E-state index in [4.69, 9.17) is 21.3 Å². The third kappa shape index (κ3) is 7.75. The zero-order chi connectivity index (χ0) is 34.7. The number of aliphatic hydroxyl groups is 1. The molecule has 12 heteroatoms. The second kappa shape index (κ2) is 15.0. The Hall–Kier alpha value is -4.42. The molecule has 0 spiro atoms. The van der Waals surface area contributed by atoms with Gasteiger partial charge < -0.3 is 20.1 Å². The first kappa shape index (κ1) is 34.4. The lowest BCUT2D eigenvalue weighted by atomic mass is 10.0. The minimum Gasteiger partial charge on any atom is -0.481 e. The van der Waals surface area contributed by atoms with Gasteiger partial charge in [-0.15, -0.1) is 0 Å². The van der Waals surface area contributed by atoms with Crippen LogP contribution in [0.3, 0.4) is 0 Å². The van der Waals surface area contributed by atoms with Gasteiger partial charge in [-0.25, -0.2) is 4.98 Å².